The molecule has 1 unspecified atom stereocenters. The Hall–Kier alpha value is -0.480. The third kappa shape index (κ3) is 4.15. The Balaban J connectivity index is 2.26. The van der Waals surface area contributed by atoms with Crippen LogP contribution < -0.4 is 5.32 Å². The summed E-state index contributed by atoms with van der Waals surface area (Å²) >= 11 is 0. The summed E-state index contributed by atoms with van der Waals surface area (Å²) in [7, 11) is 0. The Morgan fingerprint density at radius 2 is 2.07 bits per heavy atom. The molecule has 1 saturated carbocycles. The normalized spacial score (nSPS) is 20.3. The van der Waals surface area contributed by atoms with Crippen molar-refractivity contribution in [2.45, 2.75) is 57.9 Å². The standard InChI is InChI=1S/C13H23N/c1-3-8-13(14-4-2)11-12-9-6-5-7-10-12/h1,12-14H,4-11H2,2H3. The Bertz CT molecular complexity index is 174. The van der Waals surface area contributed by atoms with E-state index in [2.05, 4.69) is 18.2 Å². The van der Waals surface area contributed by atoms with Crippen molar-refractivity contribution >= 4 is 0 Å². The topological polar surface area (TPSA) is 12.0 Å². The smallest absolute Gasteiger partial charge is 0.0240 e. The van der Waals surface area contributed by atoms with Gasteiger partial charge in [-0.05, 0) is 18.9 Å². The SMILES string of the molecule is C#CCC(CC1CCCCC1)NCC. The first-order chi connectivity index (χ1) is 6.86. The van der Waals surface area contributed by atoms with Crippen molar-refractivity contribution in [1.29, 1.82) is 0 Å². The first kappa shape index (κ1) is 11.6. The van der Waals surface area contributed by atoms with Gasteiger partial charge in [0.1, 0.15) is 0 Å². The lowest BCUT2D eigenvalue weighted by Gasteiger charge is -2.26. The van der Waals surface area contributed by atoms with Gasteiger partial charge in [-0.1, -0.05) is 39.0 Å². The fraction of sp³-hybridized carbons (Fsp3) is 0.846. The molecule has 1 heteroatoms. The van der Waals surface area contributed by atoms with E-state index in [4.69, 9.17) is 6.42 Å². The van der Waals surface area contributed by atoms with Gasteiger partial charge in [0, 0.05) is 12.5 Å². The van der Waals surface area contributed by atoms with Crippen LogP contribution in [-0.4, -0.2) is 12.6 Å². The zero-order valence-electron chi connectivity index (χ0n) is 9.39. The molecule has 0 aromatic rings. The first-order valence-electron chi connectivity index (χ1n) is 6.03. The lowest BCUT2D eigenvalue weighted by Crippen LogP contribution is -2.31. The van der Waals surface area contributed by atoms with Gasteiger partial charge in [-0.3, -0.25) is 0 Å². The van der Waals surface area contributed by atoms with Crippen LogP contribution in [0.2, 0.25) is 0 Å². The van der Waals surface area contributed by atoms with Crippen LogP contribution in [0.3, 0.4) is 0 Å². The molecule has 1 aliphatic rings. The fourth-order valence-electron chi connectivity index (χ4n) is 2.49. The highest BCUT2D eigenvalue weighted by molar-refractivity contribution is 4.90. The molecule has 80 valence electrons. The van der Waals surface area contributed by atoms with Crippen LogP contribution in [0.4, 0.5) is 0 Å². The van der Waals surface area contributed by atoms with Crippen LogP contribution >= 0.6 is 0 Å². The Kier molecular flexibility index (Phi) is 5.71. The maximum Gasteiger partial charge on any atom is 0.0240 e. The largest absolute Gasteiger partial charge is 0.313 e. The maximum absolute atomic E-state index is 5.37. The highest BCUT2D eigenvalue weighted by Crippen LogP contribution is 2.27. The van der Waals surface area contributed by atoms with Crippen LogP contribution in [-0.2, 0) is 0 Å². The lowest BCUT2D eigenvalue weighted by molar-refractivity contribution is 0.301. The van der Waals surface area contributed by atoms with Crippen LogP contribution in [0.25, 0.3) is 0 Å². The van der Waals surface area contributed by atoms with Crippen molar-refractivity contribution < 1.29 is 0 Å². The quantitative estimate of drug-likeness (QED) is 0.662. The van der Waals surface area contributed by atoms with Crippen molar-refractivity contribution in [3.8, 4) is 12.3 Å². The molecule has 0 aliphatic heterocycles. The molecule has 1 nitrogen and oxygen atoms in total. The predicted molar refractivity (Wildman–Crippen MR) is 62.1 cm³/mol. The van der Waals surface area contributed by atoms with Crippen molar-refractivity contribution in [3.05, 3.63) is 0 Å². The van der Waals surface area contributed by atoms with Crippen LogP contribution in [0, 0.1) is 18.3 Å². The third-order valence-electron chi connectivity index (χ3n) is 3.20. The van der Waals surface area contributed by atoms with Crippen LogP contribution in [0.15, 0.2) is 0 Å². The van der Waals surface area contributed by atoms with Gasteiger partial charge in [-0.2, -0.15) is 0 Å². The first-order valence-corrected chi connectivity index (χ1v) is 6.03. The Morgan fingerprint density at radius 3 is 2.64 bits per heavy atom. The molecule has 0 aromatic carbocycles. The van der Waals surface area contributed by atoms with Gasteiger partial charge in [0.05, 0.1) is 0 Å². The van der Waals surface area contributed by atoms with E-state index >= 15 is 0 Å². The number of terminal acetylenes is 1. The van der Waals surface area contributed by atoms with E-state index in [1.54, 1.807) is 0 Å². The molecule has 0 amide bonds. The molecule has 0 radical (unpaired) electrons. The molecule has 0 bridgehead atoms. The monoisotopic (exact) mass is 193 g/mol. The molecular weight excluding hydrogens is 170 g/mol. The summed E-state index contributed by atoms with van der Waals surface area (Å²) in [4.78, 5) is 0. The maximum atomic E-state index is 5.37. The third-order valence-corrected chi connectivity index (χ3v) is 3.20. The summed E-state index contributed by atoms with van der Waals surface area (Å²) < 4.78 is 0. The van der Waals surface area contributed by atoms with Crippen molar-refractivity contribution in [2.24, 2.45) is 5.92 Å². The van der Waals surface area contributed by atoms with E-state index in [1.807, 2.05) is 0 Å². The molecule has 14 heavy (non-hydrogen) atoms. The second kappa shape index (κ2) is 6.90. The van der Waals surface area contributed by atoms with Gasteiger partial charge < -0.3 is 5.32 Å². The van der Waals surface area contributed by atoms with E-state index < -0.39 is 0 Å². The average Bonchev–Trinajstić information content (AvgIpc) is 2.20. The summed E-state index contributed by atoms with van der Waals surface area (Å²) in [5.41, 5.74) is 0. The average molecular weight is 193 g/mol. The van der Waals surface area contributed by atoms with Gasteiger partial charge in [-0.15, -0.1) is 12.3 Å². The van der Waals surface area contributed by atoms with Crippen molar-refractivity contribution in [3.63, 3.8) is 0 Å². The molecule has 1 fully saturated rings. The van der Waals surface area contributed by atoms with E-state index in [1.165, 1.54) is 38.5 Å². The van der Waals surface area contributed by atoms with Crippen molar-refractivity contribution in [1.82, 2.24) is 5.32 Å². The lowest BCUT2D eigenvalue weighted by atomic mass is 9.84. The molecule has 1 aliphatic carbocycles. The molecule has 1 N–H and O–H groups in total. The van der Waals surface area contributed by atoms with Gasteiger partial charge in [0.15, 0.2) is 0 Å². The Morgan fingerprint density at radius 1 is 1.36 bits per heavy atom. The highest BCUT2D eigenvalue weighted by atomic mass is 14.9. The molecule has 1 rings (SSSR count). The second-order valence-corrected chi connectivity index (χ2v) is 4.40. The molecule has 1 atom stereocenters. The van der Waals surface area contributed by atoms with Gasteiger partial charge in [0.2, 0.25) is 0 Å². The highest BCUT2D eigenvalue weighted by Gasteiger charge is 2.17. The Labute approximate surface area is 88.7 Å². The minimum Gasteiger partial charge on any atom is -0.313 e. The predicted octanol–water partition coefficient (Wildman–Crippen LogP) is 2.96. The van der Waals surface area contributed by atoms with E-state index in [-0.39, 0.29) is 0 Å². The number of rotatable bonds is 5. The molecule has 0 heterocycles. The molecular formula is C13H23N. The zero-order valence-corrected chi connectivity index (χ0v) is 9.39. The van der Waals surface area contributed by atoms with Gasteiger partial charge in [0.25, 0.3) is 0 Å². The van der Waals surface area contributed by atoms with Crippen LogP contribution in [0.5, 0.6) is 0 Å². The zero-order chi connectivity index (χ0) is 10.2. The van der Waals surface area contributed by atoms with Gasteiger partial charge in [-0.25, -0.2) is 0 Å². The van der Waals surface area contributed by atoms with Crippen molar-refractivity contribution in [2.75, 3.05) is 6.54 Å². The fourth-order valence-corrected chi connectivity index (χ4v) is 2.49. The van der Waals surface area contributed by atoms with E-state index in [9.17, 15) is 0 Å². The summed E-state index contributed by atoms with van der Waals surface area (Å²) in [6, 6.07) is 0.563. The summed E-state index contributed by atoms with van der Waals surface area (Å²) in [5, 5.41) is 3.49. The molecule has 0 aromatic heterocycles. The summed E-state index contributed by atoms with van der Waals surface area (Å²) in [6.07, 6.45) is 14.7. The van der Waals surface area contributed by atoms with Crippen LogP contribution in [0.1, 0.15) is 51.9 Å². The minimum absolute atomic E-state index is 0.563. The molecule has 0 spiro atoms. The van der Waals surface area contributed by atoms with Gasteiger partial charge >= 0.3 is 0 Å². The summed E-state index contributed by atoms with van der Waals surface area (Å²) in [6.45, 7) is 3.20. The van der Waals surface area contributed by atoms with E-state index in [0.29, 0.717) is 6.04 Å². The number of hydrogen-bond donors (Lipinski definition) is 1. The number of nitrogens with one attached hydrogen (secondary N) is 1. The molecule has 0 saturated heterocycles. The van der Waals surface area contributed by atoms with E-state index in [0.717, 1.165) is 18.9 Å². The summed E-state index contributed by atoms with van der Waals surface area (Å²) in [5.74, 6) is 3.71. The number of hydrogen-bond acceptors (Lipinski definition) is 1. The minimum atomic E-state index is 0.563. The second-order valence-electron chi connectivity index (χ2n) is 4.40.